The van der Waals surface area contributed by atoms with Gasteiger partial charge in [-0.1, -0.05) is 0 Å². The molecule has 1 fully saturated rings. The van der Waals surface area contributed by atoms with Gasteiger partial charge in [-0.3, -0.25) is 14.3 Å². The molecule has 0 saturated carbocycles. The lowest BCUT2D eigenvalue weighted by atomic mass is 10.1. The summed E-state index contributed by atoms with van der Waals surface area (Å²) in [6.07, 6.45) is -4.27. The third-order valence-electron chi connectivity index (χ3n) is 3.71. The number of rotatable bonds is 3. The quantitative estimate of drug-likeness (QED) is 0.901. The first-order valence-corrected chi connectivity index (χ1v) is 6.76. The number of likely N-dealkylation sites (tertiary alicyclic amines) is 1. The minimum atomic E-state index is -4.44. The number of halogens is 3. The molecule has 2 rings (SSSR count). The van der Waals surface area contributed by atoms with E-state index in [0.29, 0.717) is 21.9 Å². The highest BCUT2D eigenvalue weighted by atomic mass is 19.4. The van der Waals surface area contributed by atoms with Crippen molar-refractivity contribution in [2.45, 2.75) is 32.5 Å². The maximum Gasteiger partial charge on any atom is 0.406 e. The SMILES string of the molecule is Cc1nn(C)c(C)c1C(=O)NC1CCN(CC(F)(F)F)C1=O. The van der Waals surface area contributed by atoms with Gasteiger partial charge in [-0.25, -0.2) is 0 Å². The van der Waals surface area contributed by atoms with Crippen molar-refractivity contribution in [3.8, 4) is 0 Å². The van der Waals surface area contributed by atoms with Gasteiger partial charge in [0.2, 0.25) is 5.91 Å². The zero-order valence-corrected chi connectivity index (χ0v) is 12.5. The second kappa shape index (κ2) is 5.62. The van der Waals surface area contributed by atoms with Crippen molar-refractivity contribution in [2.75, 3.05) is 13.1 Å². The summed E-state index contributed by atoms with van der Waals surface area (Å²) in [5.41, 5.74) is 1.49. The maximum absolute atomic E-state index is 12.4. The zero-order chi connectivity index (χ0) is 16.7. The third-order valence-corrected chi connectivity index (χ3v) is 3.71. The lowest BCUT2D eigenvalue weighted by Crippen LogP contribution is -2.44. The number of alkyl halides is 3. The van der Waals surface area contributed by atoms with Gasteiger partial charge < -0.3 is 10.2 Å². The van der Waals surface area contributed by atoms with Crippen LogP contribution in [0.1, 0.15) is 28.2 Å². The number of nitrogens with one attached hydrogen (secondary N) is 1. The fourth-order valence-corrected chi connectivity index (χ4v) is 2.58. The van der Waals surface area contributed by atoms with Gasteiger partial charge in [0.15, 0.2) is 0 Å². The van der Waals surface area contributed by atoms with Crippen LogP contribution in [0.4, 0.5) is 13.2 Å². The van der Waals surface area contributed by atoms with Gasteiger partial charge in [0.25, 0.3) is 5.91 Å². The summed E-state index contributed by atoms with van der Waals surface area (Å²) in [5, 5.41) is 6.61. The molecule has 6 nitrogen and oxygen atoms in total. The molecule has 2 amide bonds. The van der Waals surface area contributed by atoms with Crippen LogP contribution in [0.15, 0.2) is 0 Å². The van der Waals surface area contributed by atoms with Gasteiger partial charge >= 0.3 is 6.18 Å². The Hall–Kier alpha value is -2.06. The van der Waals surface area contributed by atoms with Crippen LogP contribution in [0, 0.1) is 13.8 Å². The number of carbonyl (C=O) groups excluding carboxylic acids is 2. The molecule has 1 N–H and O–H groups in total. The second-order valence-electron chi connectivity index (χ2n) is 5.36. The average molecular weight is 318 g/mol. The molecule has 1 unspecified atom stereocenters. The van der Waals surface area contributed by atoms with E-state index in [4.69, 9.17) is 0 Å². The lowest BCUT2D eigenvalue weighted by molar-refractivity contribution is -0.157. The Kier molecular flexibility index (Phi) is 4.17. The van der Waals surface area contributed by atoms with Crippen LogP contribution in [0.2, 0.25) is 0 Å². The van der Waals surface area contributed by atoms with Crippen molar-refractivity contribution < 1.29 is 22.8 Å². The van der Waals surface area contributed by atoms with Crippen LogP contribution in [0.3, 0.4) is 0 Å². The molecule has 1 aromatic heterocycles. The molecule has 1 aliphatic heterocycles. The monoisotopic (exact) mass is 318 g/mol. The summed E-state index contributed by atoms with van der Waals surface area (Å²) < 4.78 is 38.6. The summed E-state index contributed by atoms with van der Waals surface area (Å²) in [4.78, 5) is 24.9. The molecule has 0 spiro atoms. The van der Waals surface area contributed by atoms with E-state index < -0.39 is 30.6 Å². The van der Waals surface area contributed by atoms with Crippen LogP contribution in [0.25, 0.3) is 0 Å². The molecule has 122 valence electrons. The van der Waals surface area contributed by atoms with Crippen molar-refractivity contribution >= 4 is 11.8 Å². The van der Waals surface area contributed by atoms with E-state index in [9.17, 15) is 22.8 Å². The molecular formula is C13H17F3N4O2. The normalized spacial score (nSPS) is 18.9. The number of carbonyl (C=O) groups is 2. The van der Waals surface area contributed by atoms with E-state index in [1.165, 1.54) is 4.68 Å². The molecule has 0 aromatic carbocycles. The summed E-state index contributed by atoms with van der Waals surface area (Å²) in [5.74, 6) is -1.19. The number of nitrogens with zero attached hydrogens (tertiary/aromatic N) is 3. The lowest BCUT2D eigenvalue weighted by Gasteiger charge is -2.18. The number of hydrogen-bond donors (Lipinski definition) is 1. The van der Waals surface area contributed by atoms with Crippen molar-refractivity contribution in [2.24, 2.45) is 7.05 Å². The van der Waals surface area contributed by atoms with E-state index in [1.54, 1.807) is 20.9 Å². The zero-order valence-electron chi connectivity index (χ0n) is 12.5. The molecule has 0 aliphatic carbocycles. The Bertz CT molecular complexity index is 609. The summed E-state index contributed by atoms with van der Waals surface area (Å²) in [6.45, 7) is 2.06. The van der Waals surface area contributed by atoms with Gasteiger partial charge in [0.1, 0.15) is 12.6 Å². The van der Waals surface area contributed by atoms with Gasteiger partial charge in [-0.15, -0.1) is 0 Å². The number of aromatic nitrogens is 2. The molecule has 1 saturated heterocycles. The molecule has 0 bridgehead atoms. The van der Waals surface area contributed by atoms with Crippen LogP contribution in [-0.2, 0) is 11.8 Å². The van der Waals surface area contributed by atoms with Gasteiger partial charge in [0, 0.05) is 19.3 Å². The molecule has 2 heterocycles. The highest BCUT2D eigenvalue weighted by molar-refractivity contribution is 5.99. The molecule has 22 heavy (non-hydrogen) atoms. The Labute approximate surface area is 125 Å². The van der Waals surface area contributed by atoms with E-state index in [1.807, 2.05) is 0 Å². The maximum atomic E-state index is 12.4. The first kappa shape index (κ1) is 16.3. The van der Waals surface area contributed by atoms with Crippen LogP contribution < -0.4 is 5.32 Å². The predicted octanol–water partition coefficient (Wildman–Crippen LogP) is 0.930. The third kappa shape index (κ3) is 3.23. The minimum absolute atomic E-state index is 0.0195. The summed E-state index contributed by atoms with van der Waals surface area (Å²) in [6, 6.07) is -0.922. The molecule has 9 heteroatoms. The van der Waals surface area contributed by atoms with Crippen molar-refractivity contribution in [1.29, 1.82) is 0 Å². The molecule has 0 radical (unpaired) electrons. The smallest absolute Gasteiger partial charge is 0.340 e. The molecule has 1 aliphatic rings. The summed E-state index contributed by atoms with van der Waals surface area (Å²) in [7, 11) is 1.69. The number of amides is 2. The van der Waals surface area contributed by atoms with Crippen LogP contribution >= 0.6 is 0 Å². The first-order valence-electron chi connectivity index (χ1n) is 6.76. The number of hydrogen-bond acceptors (Lipinski definition) is 3. The Balaban J connectivity index is 2.06. The standard InChI is InChI=1S/C13H17F3N4O2/c1-7-10(8(2)19(3)18-7)11(21)17-9-4-5-20(12(9)22)6-13(14,15)16/h9H,4-6H2,1-3H3,(H,17,21). The van der Waals surface area contributed by atoms with E-state index >= 15 is 0 Å². The van der Waals surface area contributed by atoms with Gasteiger partial charge in [0.05, 0.1) is 11.3 Å². The first-order chi connectivity index (χ1) is 10.1. The Morgan fingerprint density at radius 3 is 2.55 bits per heavy atom. The molecular weight excluding hydrogens is 301 g/mol. The van der Waals surface area contributed by atoms with Gasteiger partial charge in [-0.2, -0.15) is 18.3 Å². The predicted molar refractivity (Wildman–Crippen MR) is 71.2 cm³/mol. The Morgan fingerprint density at radius 2 is 2.05 bits per heavy atom. The van der Waals surface area contributed by atoms with Crippen LogP contribution in [-0.4, -0.2) is 51.8 Å². The van der Waals surface area contributed by atoms with Crippen molar-refractivity contribution in [3.05, 3.63) is 17.0 Å². The van der Waals surface area contributed by atoms with E-state index in [-0.39, 0.29) is 13.0 Å². The minimum Gasteiger partial charge on any atom is -0.340 e. The molecule has 1 aromatic rings. The van der Waals surface area contributed by atoms with Crippen molar-refractivity contribution in [1.82, 2.24) is 20.0 Å². The molecule has 1 atom stereocenters. The highest BCUT2D eigenvalue weighted by Crippen LogP contribution is 2.21. The van der Waals surface area contributed by atoms with E-state index in [0.717, 1.165) is 0 Å². The second-order valence-corrected chi connectivity index (χ2v) is 5.36. The topological polar surface area (TPSA) is 67.2 Å². The van der Waals surface area contributed by atoms with Gasteiger partial charge in [-0.05, 0) is 20.3 Å². The van der Waals surface area contributed by atoms with Crippen molar-refractivity contribution in [3.63, 3.8) is 0 Å². The fraction of sp³-hybridized carbons (Fsp3) is 0.615. The van der Waals surface area contributed by atoms with E-state index in [2.05, 4.69) is 10.4 Å². The largest absolute Gasteiger partial charge is 0.406 e. The number of aryl methyl sites for hydroxylation is 2. The average Bonchev–Trinajstić information content (AvgIpc) is 2.81. The van der Waals surface area contributed by atoms with Crippen LogP contribution in [0.5, 0.6) is 0 Å². The Morgan fingerprint density at radius 1 is 1.41 bits per heavy atom. The fourth-order valence-electron chi connectivity index (χ4n) is 2.58. The summed E-state index contributed by atoms with van der Waals surface area (Å²) >= 11 is 0. The highest BCUT2D eigenvalue weighted by Gasteiger charge is 2.40.